The maximum atomic E-state index is 12.0. The molecule has 0 N–H and O–H groups in total. The van der Waals surface area contributed by atoms with Crippen LogP contribution in [0.25, 0.3) is 0 Å². The Bertz CT molecular complexity index is 242. The lowest BCUT2D eigenvalue weighted by Crippen LogP contribution is -2.15. The molecule has 0 aliphatic heterocycles. The molecule has 13 heavy (non-hydrogen) atoms. The van der Waals surface area contributed by atoms with Gasteiger partial charge in [0.15, 0.2) is 0 Å². The molecular weight excluding hydrogens is 160 g/mol. The minimum Gasteiger partial charge on any atom is -0.298 e. The van der Waals surface area contributed by atoms with Crippen molar-refractivity contribution in [3.8, 4) is 0 Å². The van der Waals surface area contributed by atoms with E-state index in [2.05, 4.69) is 0 Å². The van der Waals surface area contributed by atoms with E-state index in [4.69, 9.17) is 0 Å². The van der Waals surface area contributed by atoms with Gasteiger partial charge in [0.1, 0.15) is 5.78 Å². The minimum absolute atomic E-state index is 0.224. The van der Waals surface area contributed by atoms with E-state index in [-0.39, 0.29) is 10.8 Å². The first kappa shape index (κ1) is 8.02. The molecular formula is C12H18O. The number of carbonyl (C=O) groups excluding carboxylic acids is 1. The lowest BCUT2D eigenvalue weighted by Gasteiger charge is -2.23. The zero-order chi connectivity index (χ0) is 8.94. The third-order valence-electron chi connectivity index (χ3n) is 4.89. The zero-order valence-corrected chi connectivity index (χ0v) is 8.27. The van der Waals surface area contributed by atoms with Gasteiger partial charge in [-0.3, -0.25) is 4.79 Å². The lowest BCUT2D eigenvalue weighted by atomic mass is 9.79. The Morgan fingerprint density at radius 3 is 1.54 bits per heavy atom. The van der Waals surface area contributed by atoms with Crippen molar-refractivity contribution in [3.05, 3.63) is 0 Å². The summed E-state index contributed by atoms with van der Waals surface area (Å²) in [5, 5.41) is 0. The molecule has 3 rings (SSSR count). The Balaban J connectivity index is 1.89. The number of fused-ring (bicyclic) bond motifs is 1. The van der Waals surface area contributed by atoms with Gasteiger partial charge in [-0.1, -0.05) is 32.1 Å². The van der Waals surface area contributed by atoms with Crippen molar-refractivity contribution in [3.63, 3.8) is 0 Å². The lowest BCUT2D eigenvalue weighted by molar-refractivity contribution is -0.115. The molecule has 0 saturated heterocycles. The molecule has 0 atom stereocenters. The van der Waals surface area contributed by atoms with Crippen LogP contribution in [0.3, 0.4) is 0 Å². The molecule has 0 aromatic heterocycles. The summed E-state index contributed by atoms with van der Waals surface area (Å²) in [5.41, 5.74) is 0.454. The summed E-state index contributed by atoms with van der Waals surface area (Å²) in [6.45, 7) is 0. The van der Waals surface area contributed by atoms with E-state index in [1.165, 1.54) is 57.8 Å². The molecule has 0 aromatic rings. The standard InChI is InChI=1S/C12H18O/c13-10-11(6-2-1-3-7-11)12(10)8-4-5-9-12/h1-9H2. The maximum absolute atomic E-state index is 12.0. The SMILES string of the molecule is O=C1C2(CCCCC2)C12CCCC2. The first-order valence-electron chi connectivity index (χ1n) is 5.87. The highest BCUT2D eigenvalue weighted by atomic mass is 16.1. The van der Waals surface area contributed by atoms with Crippen LogP contribution >= 0.6 is 0 Å². The number of hydrogen-bond donors (Lipinski definition) is 0. The molecule has 3 saturated carbocycles. The summed E-state index contributed by atoms with van der Waals surface area (Å²) < 4.78 is 0. The van der Waals surface area contributed by atoms with Crippen LogP contribution in [0.4, 0.5) is 0 Å². The molecule has 0 aromatic carbocycles. The molecule has 2 spiro atoms. The molecule has 1 nitrogen and oxygen atoms in total. The average Bonchev–Trinajstić information content (AvgIpc) is 2.65. The molecule has 0 bridgehead atoms. The molecule has 72 valence electrons. The van der Waals surface area contributed by atoms with Crippen molar-refractivity contribution in [1.29, 1.82) is 0 Å². The summed E-state index contributed by atoms with van der Waals surface area (Å²) in [5.74, 6) is 0.664. The van der Waals surface area contributed by atoms with Gasteiger partial charge in [0.25, 0.3) is 0 Å². The fourth-order valence-corrected chi connectivity index (χ4v) is 4.14. The highest BCUT2D eigenvalue weighted by Crippen LogP contribution is 2.73. The van der Waals surface area contributed by atoms with Crippen LogP contribution in [-0.4, -0.2) is 5.78 Å². The molecule has 1 heteroatoms. The largest absolute Gasteiger partial charge is 0.298 e. The van der Waals surface area contributed by atoms with Gasteiger partial charge in [0.05, 0.1) is 0 Å². The van der Waals surface area contributed by atoms with Gasteiger partial charge in [0, 0.05) is 10.8 Å². The van der Waals surface area contributed by atoms with Crippen LogP contribution in [0.1, 0.15) is 57.8 Å². The van der Waals surface area contributed by atoms with E-state index in [9.17, 15) is 4.79 Å². The Kier molecular flexibility index (Phi) is 1.46. The first-order valence-corrected chi connectivity index (χ1v) is 5.87. The molecule has 3 aliphatic carbocycles. The number of carbonyl (C=O) groups is 1. The fourth-order valence-electron chi connectivity index (χ4n) is 4.14. The Labute approximate surface area is 79.9 Å². The summed E-state index contributed by atoms with van der Waals surface area (Å²) in [7, 11) is 0. The second-order valence-electron chi connectivity index (χ2n) is 5.26. The smallest absolute Gasteiger partial charge is 0.147 e. The number of hydrogen-bond acceptors (Lipinski definition) is 1. The summed E-state index contributed by atoms with van der Waals surface area (Å²) in [6, 6.07) is 0. The van der Waals surface area contributed by atoms with Crippen molar-refractivity contribution in [2.24, 2.45) is 10.8 Å². The third kappa shape index (κ3) is 0.769. The second kappa shape index (κ2) is 2.37. The van der Waals surface area contributed by atoms with Crippen LogP contribution in [0.5, 0.6) is 0 Å². The Morgan fingerprint density at radius 1 is 0.692 bits per heavy atom. The van der Waals surface area contributed by atoms with Gasteiger partial charge in [-0.15, -0.1) is 0 Å². The van der Waals surface area contributed by atoms with Gasteiger partial charge in [-0.25, -0.2) is 0 Å². The van der Waals surface area contributed by atoms with Crippen LogP contribution in [0.15, 0.2) is 0 Å². The predicted octanol–water partition coefficient (Wildman–Crippen LogP) is 3.08. The molecule has 0 unspecified atom stereocenters. The first-order chi connectivity index (χ1) is 6.32. The van der Waals surface area contributed by atoms with E-state index in [0.29, 0.717) is 5.78 Å². The quantitative estimate of drug-likeness (QED) is 0.557. The Morgan fingerprint density at radius 2 is 1.08 bits per heavy atom. The van der Waals surface area contributed by atoms with Crippen molar-refractivity contribution in [2.45, 2.75) is 57.8 Å². The van der Waals surface area contributed by atoms with Crippen molar-refractivity contribution < 1.29 is 4.79 Å². The van der Waals surface area contributed by atoms with Crippen LogP contribution < -0.4 is 0 Å². The van der Waals surface area contributed by atoms with E-state index >= 15 is 0 Å². The number of Topliss-reactive ketones (excluding diaryl/α,β-unsaturated/α-hetero) is 1. The predicted molar refractivity (Wildman–Crippen MR) is 51.4 cm³/mol. The van der Waals surface area contributed by atoms with E-state index in [1.807, 2.05) is 0 Å². The summed E-state index contributed by atoms with van der Waals surface area (Å²) in [6.07, 6.45) is 11.5. The average molecular weight is 178 g/mol. The van der Waals surface area contributed by atoms with Gasteiger partial charge >= 0.3 is 0 Å². The Hall–Kier alpha value is -0.330. The maximum Gasteiger partial charge on any atom is 0.147 e. The van der Waals surface area contributed by atoms with Crippen molar-refractivity contribution >= 4 is 5.78 Å². The third-order valence-corrected chi connectivity index (χ3v) is 4.89. The van der Waals surface area contributed by atoms with E-state index < -0.39 is 0 Å². The molecule has 0 radical (unpaired) electrons. The topological polar surface area (TPSA) is 17.1 Å². The molecule has 0 heterocycles. The van der Waals surface area contributed by atoms with E-state index in [0.717, 1.165) is 0 Å². The van der Waals surface area contributed by atoms with E-state index in [1.54, 1.807) is 0 Å². The summed E-state index contributed by atoms with van der Waals surface area (Å²) >= 11 is 0. The molecule has 3 aliphatic rings. The van der Waals surface area contributed by atoms with Gasteiger partial charge in [0.2, 0.25) is 0 Å². The van der Waals surface area contributed by atoms with Gasteiger partial charge in [-0.05, 0) is 25.7 Å². The number of rotatable bonds is 0. The molecule has 3 fully saturated rings. The summed E-state index contributed by atoms with van der Waals surface area (Å²) in [4.78, 5) is 12.0. The highest BCUT2D eigenvalue weighted by Gasteiger charge is 2.75. The van der Waals surface area contributed by atoms with Gasteiger partial charge < -0.3 is 0 Å². The van der Waals surface area contributed by atoms with Gasteiger partial charge in [-0.2, -0.15) is 0 Å². The van der Waals surface area contributed by atoms with Crippen LogP contribution in [0.2, 0.25) is 0 Å². The van der Waals surface area contributed by atoms with Crippen LogP contribution in [-0.2, 0) is 4.79 Å². The highest BCUT2D eigenvalue weighted by molar-refractivity contribution is 6.08. The monoisotopic (exact) mass is 178 g/mol. The number of ketones is 1. The fraction of sp³-hybridized carbons (Fsp3) is 0.917. The minimum atomic E-state index is 0.224. The molecule has 0 amide bonds. The van der Waals surface area contributed by atoms with Crippen molar-refractivity contribution in [2.75, 3.05) is 0 Å². The second-order valence-corrected chi connectivity index (χ2v) is 5.26. The van der Waals surface area contributed by atoms with Crippen molar-refractivity contribution in [1.82, 2.24) is 0 Å². The zero-order valence-electron chi connectivity index (χ0n) is 8.27. The normalized spacial score (nSPS) is 34.3. The van der Waals surface area contributed by atoms with Crippen LogP contribution in [0, 0.1) is 10.8 Å².